The van der Waals surface area contributed by atoms with Crippen molar-refractivity contribution in [1.82, 2.24) is 0 Å². The molecule has 31 heavy (non-hydrogen) atoms. The highest BCUT2D eigenvalue weighted by atomic mass is 17.1. The van der Waals surface area contributed by atoms with Gasteiger partial charge in [-0.3, -0.25) is 10.1 Å². The van der Waals surface area contributed by atoms with Crippen LogP contribution in [0.5, 0.6) is 0 Å². The zero-order chi connectivity index (χ0) is 22.7. The minimum atomic E-state index is -1.34. The Kier molecular flexibility index (Phi) is 5.85. The highest BCUT2D eigenvalue weighted by Crippen LogP contribution is 2.69. The lowest BCUT2D eigenvalue weighted by molar-refractivity contribution is -0.346. The quantitative estimate of drug-likeness (QED) is 0.303. The topological polar surface area (TPSA) is 66.8 Å². The van der Waals surface area contributed by atoms with Crippen molar-refractivity contribution in [3.63, 3.8) is 0 Å². The van der Waals surface area contributed by atoms with Crippen LogP contribution in [0.2, 0.25) is 0 Å². The van der Waals surface area contributed by atoms with Crippen molar-refractivity contribution in [2.24, 2.45) is 34.5 Å². The van der Waals surface area contributed by atoms with E-state index in [1.807, 2.05) is 6.08 Å². The van der Waals surface area contributed by atoms with Gasteiger partial charge in [-0.05, 0) is 67.4 Å². The Morgan fingerprint density at radius 1 is 1.06 bits per heavy atom. The molecule has 0 aromatic rings. The average molecular weight is 431 g/mol. The van der Waals surface area contributed by atoms with Gasteiger partial charge in [0.05, 0.1) is 0 Å². The predicted octanol–water partition coefficient (Wildman–Crippen LogP) is 6.10. The number of ketones is 1. The van der Waals surface area contributed by atoms with Gasteiger partial charge in [-0.1, -0.05) is 66.0 Å². The maximum atomic E-state index is 13.3. The van der Waals surface area contributed by atoms with E-state index in [0.717, 1.165) is 37.2 Å². The lowest BCUT2D eigenvalue weighted by atomic mass is 9.45. The largest absolute Gasteiger partial charge is 0.381 e. The Morgan fingerprint density at radius 2 is 1.77 bits per heavy atom. The number of fused-ring (bicyclic) bond motifs is 5. The van der Waals surface area contributed by atoms with E-state index in [1.54, 1.807) is 6.08 Å². The molecule has 0 aliphatic heterocycles. The first-order valence-electron chi connectivity index (χ1n) is 12.5. The van der Waals surface area contributed by atoms with Crippen LogP contribution in [0.1, 0.15) is 92.4 Å². The van der Waals surface area contributed by atoms with E-state index in [4.69, 9.17) is 4.89 Å². The van der Waals surface area contributed by atoms with E-state index in [1.165, 1.54) is 19.3 Å². The molecule has 2 saturated carbocycles. The van der Waals surface area contributed by atoms with Crippen molar-refractivity contribution in [1.29, 1.82) is 0 Å². The fourth-order valence-corrected chi connectivity index (χ4v) is 8.11. The van der Waals surface area contributed by atoms with Gasteiger partial charge in [0, 0.05) is 17.3 Å². The molecule has 0 bridgehead atoms. The molecule has 7 atom stereocenters. The Hall–Kier alpha value is -0.970. The molecule has 4 rings (SSSR count). The first kappa shape index (κ1) is 23.2. The lowest BCUT2D eigenvalue weighted by Gasteiger charge is -2.61. The summed E-state index contributed by atoms with van der Waals surface area (Å²) in [5.41, 5.74) is -1.95. The molecule has 0 aromatic carbocycles. The van der Waals surface area contributed by atoms with Gasteiger partial charge in [0.25, 0.3) is 0 Å². The predicted molar refractivity (Wildman–Crippen MR) is 122 cm³/mol. The summed E-state index contributed by atoms with van der Waals surface area (Å²) in [4.78, 5) is 18.8. The molecular formula is C27H42O4. The minimum absolute atomic E-state index is 0.0513. The normalized spacial score (nSPS) is 45.2. The number of hydrogen-bond acceptors (Lipinski definition) is 4. The average Bonchev–Trinajstić information content (AvgIpc) is 3.03. The second kappa shape index (κ2) is 7.81. The zero-order valence-corrected chi connectivity index (χ0v) is 20.1. The van der Waals surface area contributed by atoms with E-state index in [0.29, 0.717) is 24.7 Å². The van der Waals surface area contributed by atoms with E-state index in [2.05, 4.69) is 40.7 Å². The summed E-state index contributed by atoms with van der Waals surface area (Å²) in [6, 6.07) is 0. The van der Waals surface area contributed by atoms with Gasteiger partial charge in [0.2, 0.25) is 0 Å². The van der Waals surface area contributed by atoms with Crippen molar-refractivity contribution >= 4 is 5.78 Å². The van der Waals surface area contributed by atoms with Crippen molar-refractivity contribution in [3.05, 3.63) is 23.8 Å². The molecule has 4 aliphatic carbocycles. The number of hydrogen-bond donors (Lipinski definition) is 2. The molecule has 2 N–H and O–H groups in total. The van der Waals surface area contributed by atoms with E-state index in [-0.39, 0.29) is 17.1 Å². The van der Waals surface area contributed by atoms with Crippen LogP contribution >= 0.6 is 0 Å². The van der Waals surface area contributed by atoms with Crippen LogP contribution in [0.25, 0.3) is 0 Å². The minimum Gasteiger partial charge on any atom is -0.381 e. The second-order valence-corrected chi connectivity index (χ2v) is 12.0. The molecule has 174 valence electrons. The molecule has 0 saturated heterocycles. The van der Waals surface area contributed by atoms with Gasteiger partial charge in [-0.15, -0.1) is 0 Å². The molecule has 0 heterocycles. The molecule has 0 aromatic heterocycles. The van der Waals surface area contributed by atoms with Crippen LogP contribution in [0, 0.1) is 34.5 Å². The van der Waals surface area contributed by atoms with Crippen molar-refractivity contribution < 1.29 is 20.0 Å². The van der Waals surface area contributed by atoms with Gasteiger partial charge in [-0.2, -0.15) is 0 Å². The molecule has 0 spiro atoms. The van der Waals surface area contributed by atoms with Gasteiger partial charge >= 0.3 is 0 Å². The Labute approximate surface area is 188 Å². The molecule has 4 nitrogen and oxygen atoms in total. The van der Waals surface area contributed by atoms with Gasteiger partial charge in [-0.25, -0.2) is 4.89 Å². The standard InChI is InChI=1S/C27H42O4/c1-18(2)9-8-10-19(3)20-12-16-27(31-30)22-17-23(28)26(29)14-7-6-13-24(26,4)21(22)11-15-25(20,27)5/h6-7,17-21,29-30H,8-16H2,1-5H3/t19-,20-,21+,24-,25-,26+,27-/m1/s1. The van der Waals surface area contributed by atoms with Crippen LogP contribution in [0.3, 0.4) is 0 Å². The van der Waals surface area contributed by atoms with Gasteiger partial charge in [0.15, 0.2) is 5.78 Å². The maximum Gasteiger partial charge on any atom is 0.188 e. The fourth-order valence-electron chi connectivity index (χ4n) is 8.11. The molecule has 0 amide bonds. The Balaban J connectivity index is 1.69. The van der Waals surface area contributed by atoms with E-state index >= 15 is 0 Å². The van der Waals surface area contributed by atoms with Crippen LogP contribution in [-0.4, -0.2) is 27.3 Å². The third-order valence-electron chi connectivity index (χ3n) is 10.2. The lowest BCUT2D eigenvalue weighted by Crippen LogP contribution is -2.65. The third-order valence-corrected chi connectivity index (χ3v) is 10.2. The molecule has 2 fully saturated rings. The zero-order valence-electron chi connectivity index (χ0n) is 20.1. The van der Waals surface area contributed by atoms with Gasteiger partial charge in [0.1, 0.15) is 11.2 Å². The van der Waals surface area contributed by atoms with Crippen LogP contribution < -0.4 is 0 Å². The number of aliphatic hydroxyl groups is 1. The number of allylic oxidation sites excluding steroid dienone is 1. The SMILES string of the molecule is CC(C)CCC[C@@H](C)[C@H]1CC[C@@]2(OO)C3=CC(=O)[C@@]4(O)CC=CC[C@]4(C)[C@H]3CC[C@]12C. The highest BCUT2D eigenvalue weighted by Gasteiger charge is 2.70. The highest BCUT2D eigenvalue weighted by molar-refractivity contribution is 6.00. The first-order chi connectivity index (χ1) is 14.6. The van der Waals surface area contributed by atoms with Crippen molar-refractivity contribution in [2.75, 3.05) is 0 Å². The summed E-state index contributed by atoms with van der Waals surface area (Å²) in [5, 5.41) is 21.9. The molecule has 4 heteroatoms. The van der Waals surface area contributed by atoms with Crippen LogP contribution in [0.4, 0.5) is 0 Å². The molecular weight excluding hydrogens is 388 g/mol. The fraction of sp³-hybridized carbons (Fsp3) is 0.815. The van der Waals surface area contributed by atoms with E-state index in [9.17, 15) is 15.2 Å². The summed E-state index contributed by atoms with van der Waals surface area (Å²) >= 11 is 0. The van der Waals surface area contributed by atoms with Crippen molar-refractivity contribution in [2.45, 2.75) is 104 Å². The summed E-state index contributed by atoms with van der Waals surface area (Å²) in [7, 11) is 0. The van der Waals surface area contributed by atoms with Crippen LogP contribution in [0.15, 0.2) is 23.8 Å². The van der Waals surface area contributed by atoms with Crippen LogP contribution in [-0.2, 0) is 9.68 Å². The number of rotatable bonds is 6. The summed E-state index contributed by atoms with van der Waals surface area (Å²) < 4.78 is 0. The second-order valence-electron chi connectivity index (χ2n) is 12.0. The van der Waals surface area contributed by atoms with E-state index < -0.39 is 16.6 Å². The summed E-state index contributed by atoms with van der Waals surface area (Å²) in [6.07, 6.45) is 14.1. The summed E-state index contributed by atoms with van der Waals surface area (Å²) in [5.74, 6) is 1.59. The Bertz CT molecular complexity index is 784. The first-order valence-corrected chi connectivity index (χ1v) is 12.5. The molecule has 4 aliphatic rings. The molecule has 0 unspecified atom stereocenters. The van der Waals surface area contributed by atoms with Crippen molar-refractivity contribution in [3.8, 4) is 0 Å². The smallest absolute Gasteiger partial charge is 0.188 e. The van der Waals surface area contributed by atoms with Gasteiger partial charge < -0.3 is 5.11 Å². The Morgan fingerprint density at radius 3 is 2.45 bits per heavy atom. The maximum absolute atomic E-state index is 13.3. The molecule has 0 radical (unpaired) electrons. The third kappa shape index (κ3) is 3.08. The number of carbonyl (C=O) groups excluding carboxylic acids is 1. The summed E-state index contributed by atoms with van der Waals surface area (Å²) in [6.45, 7) is 11.3. The monoisotopic (exact) mass is 430 g/mol. The number of carbonyl (C=O) groups is 1.